The summed E-state index contributed by atoms with van der Waals surface area (Å²) in [7, 11) is 5.00. The van der Waals surface area contributed by atoms with Gasteiger partial charge in [-0.15, -0.1) is 0 Å². The summed E-state index contributed by atoms with van der Waals surface area (Å²) < 4.78 is 24.2. The normalized spacial score (nSPS) is 11.9. The van der Waals surface area contributed by atoms with Gasteiger partial charge in [-0.2, -0.15) is 0 Å². The van der Waals surface area contributed by atoms with Gasteiger partial charge in [0, 0.05) is 6.54 Å². The summed E-state index contributed by atoms with van der Waals surface area (Å²) in [6, 6.07) is 11.3. The van der Waals surface area contributed by atoms with Crippen LogP contribution in [-0.2, 0) is 11.3 Å². The molecule has 1 N–H and O–H groups in total. The van der Waals surface area contributed by atoms with Crippen molar-refractivity contribution in [3.05, 3.63) is 53.8 Å². The Morgan fingerprint density at radius 1 is 1.16 bits per heavy atom. The molecular weight excluding hydrogens is 323 g/mol. The number of carbonyl (C=O) groups is 1. The fourth-order valence-electron chi connectivity index (χ4n) is 2.40. The lowest BCUT2D eigenvalue weighted by Gasteiger charge is -2.24. The summed E-state index contributed by atoms with van der Waals surface area (Å²) in [5.74, 6) is 0.565. The molecule has 0 unspecified atom stereocenters. The Labute approximate surface area is 147 Å². The number of hydrogen-bond donors (Lipinski definition) is 1. The zero-order valence-corrected chi connectivity index (χ0v) is 14.9. The zero-order chi connectivity index (χ0) is 18.4. The Morgan fingerprint density at radius 3 is 2.48 bits per heavy atom. The van der Waals surface area contributed by atoms with Crippen LogP contribution in [0, 0.1) is 5.82 Å². The standard InChI is InChI=1S/C19H23FN2O3/c1-13(19(23)21-16-8-6-5-7-15(16)20)22(2)12-14-9-10-17(24-3)18(11-14)25-4/h5-11,13H,12H2,1-4H3,(H,21,23)/t13-/m0/s1. The summed E-state index contributed by atoms with van der Waals surface area (Å²) in [4.78, 5) is 14.2. The van der Waals surface area contributed by atoms with E-state index in [1.165, 1.54) is 12.1 Å². The first-order valence-corrected chi connectivity index (χ1v) is 7.92. The molecule has 0 radical (unpaired) electrons. The first-order chi connectivity index (χ1) is 12.0. The Bertz CT molecular complexity index is 736. The summed E-state index contributed by atoms with van der Waals surface area (Å²) in [6.07, 6.45) is 0. The highest BCUT2D eigenvalue weighted by Crippen LogP contribution is 2.28. The largest absolute Gasteiger partial charge is 0.493 e. The maximum atomic E-state index is 13.7. The van der Waals surface area contributed by atoms with Crippen molar-refractivity contribution >= 4 is 11.6 Å². The van der Waals surface area contributed by atoms with Gasteiger partial charge in [0.1, 0.15) is 5.82 Å². The second-order valence-electron chi connectivity index (χ2n) is 5.75. The molecule has 2 aromatic carbocycles. The van der Waals surface area contributed by atoms with Gasteiger partial charge < -0.3 is 14.8 Å². The van der Waals surface area contributed by atoms with E-state index in [9.17, 15) is 9.18 Å². The van der Waals surface area contributed by atoms with E-state index < -0.39 is 11.9 Å². The van der Waals surface area contributed by atoms with Gasteiger partial charge in [0.25, 0.3) is 0 Å². The summed E-state index contributed by atoms with van der Waals surface area (Å²) in [6.45, 7) is 2.31. The number of anilines is 1. The van der Waals surface area contributed by atoms with Crippen molar-refractivity contribution in [3.8, 4) is 11.5 Å². The molecule has 0 fully saturated rings. The molecule has 1 amide bonds. The molecule has 0 aromatic heterocycles. The maximum absolute atomic E-state index is 13.7. The number of ether oxygens (including phenoxy) is 2. The molecule has 0 saturated carbocycles. The molecule has 6 heteroatoms. The smallest absolute Gasteiger partial charge is 0.241 e. The van der Waals surface area contributed by atoms with E-state index in [4.69, 9.17) is 9.47 Å². The molecule has 0 heterocycles. The van der Waals surface area contributed by atoms with E-state index in [0.29, 0.717) is 18.0 Å². The highest BCUT2D eigenvalue weighted by molar-refractivity contribution is 5.94. The van der Waals surface area contributed by atoms with Crippen LogP contribution in [0.25, 0.3) is 0 Å². The predicted molar refractivity (Wildman–Crippen MR) is 95.5 cm³/mol. The molecule has 0 bridgehead atoms. The molecule has 0 spiro atoms. The minimum absolute atomic E-state index is 0.180. The summed E-state index contributed by atoms with van der Waals surface area (Å²) >= 11 is 0. The van der Waals surface area contributed by atoms with Gasteiger partial charge in [0.15, 0.2) is 11.5 Å². The average molecular weight is 346 g/mol. The molecular formula is C19H23FN2O3. The fourth-order valence-corrected chi connectivity index (χ4v) is 2.40. The van der Waals surface area contributed by atoms with E-state index >= 15 is 0 Å². The van der Waals surface area contributed by atoms with Crippen LogP contribution < -0.4 is 14.8 Å². The van der Waals surface area contributed by atoms with Gasteiger partial charge in [-0.05, 0) is 43.8 Å². The van der Waals surface area contributed by atoms with E-state index in [1.54, 1.807) is 33.3 Å². The van der Waals surface area contributed by atoms with Crippen LogP contribution >= 0.6 is 0 Å². The topological polar surface area (TPSA) is 50.8 Å². The molecule has 0 aliphatic carbocycles. The maximum Gasteiger partial charge on any atom is 0.241 e. The molecule has 2 aromatic rings. The molecule has 0 aliphatic rings. The first-order valence-electron chi connectivity index (χ1n) is 7.92. The van der Waals surface area contributed by atoms with Gasteiger partial charge >= 0.3 is 0 Å². The lowest BCUT2D eigenvalue weighted by Crippen LogP contribution is -2.39. The summed E-state index contributed by atoms with van der Waals surface area (Å²) in [5.41, 5.74) is 1.16. The molecule has 5 nitrogen and oxygen atoms in total. The van der Waals surface area contributed by atoms with E-state index in [2.05, 4.69) is 5.32 Å². The average Bonchev–Trinajstić information content (AvgIpc) is 2.62. The van der Waals surface area contributed by atoms with Crippen LogP contribution in [0.15, 0.2) is 42.5 Å². The number of methoxy groups -OCH3 is 2. The summed E-state index contributed by atoms with van der Waals surface area (Å²) in [5, 5.41) is 2.62. The number of halogens is 1. The number of rotatable bonds is 7. The van der Waals surface area contributed by atoms with Crippen molar-refractivity contribution in [1.29, 1.82) is 0 Å². The van der Waals surface area contributed by atoms with E-state index in [0.717, 1.165) is 5.56 Å². The lowest BCUT2D eigenvalue weighted by atomic mass is 10.1. The third-order valence-electron chi connectivity index (χ3n) is 4.05. The predicted octanol–water partition coefficient (Wildman–Crippen LogP) is 3.30. The molecule has 0 saturated heterocycles. The number of nitrogens with zero attached hydrogens (tertiary/aromatic N) is 1. The Kier molecular flexibility index (Phi) is 6.36. The third kappa shape index (κ3) is 4.70. The monoisotopic (exact) mass is 346 g/mol. The van der Waals surface area contributed by atoms with Crippen LogP contribution in [-0.4, -0.2) is 38.1 Å². The molecule has 0 aliphatic heterocycles. The first kappa shape index (κ1) is 18.7. The van der Waals surface area contributed by atoms with Gasteiger partial charge in [0.05, 0.1) is 25.9 Å². The number of benzene rings is 2. The Balaban J connectivity index is 2.03. The van der Waals surface area contributed by atoms with Gasteiger partial charge in [-0.1, -0.05) is 18.2 Å². The number of para-hydroxylation sites is 1. The Hall–Kier alpha value is -2.60. The Morgan fingerprint density at radius 2 is 1.84 bits per heavy atom. The number of nitrogens with one attached hydrogen (secondary N) is 1. The van der Waals surface area contributed by atoms with Gasteiger partial charge in [0.2, 0.25) is 5.91 Å². The minimum Gasteiger partial charge on any atom is -0.493 e. The number of amides is 1. The van der Waals surface area contributed by atoms with Crippen LogP contribution in [0.3, 0.4) is 0 Å². The van der Waals surface area contributed by atoms with Crippen molar-refractivity contribution < 1.29 is 18.7 Å². The second-order valence-corrected chi connectivity index (χ2v) is 5.75. The number of likely N-dealkylation sites (N-methyl/N-ethyl adjacent to an activating group) is 1. The zero-order valence-electron chi connectivity index (χ0n) is 14.9. The SMILES string of the molecule is COc1ccc(CN(C)[C@@H](C)C(=O)Nc2ccccc2F)cc1OC. The quantitative estimate of drug-likeness (QED) is 0.836. The highest BCUT2D eigenvalue weighted by Gasteiger charge is 2.19. The van der Waals surface area contributed by atoms with Crippen LogP contribution in [0.4, 0.5) is 10.1 Å². The minimum atomic E-state index is -0.453. The van der Waals surface area contributed by atoms with Crippen molar-refractivity contribution in [3.63, 3.8) is 0 Å². The van der Waals surface area contributed by atoms with Crippen molar-refractivity contribution in [2.24, 2.45) is 0 Å². The molecule has 25 heavy (non-hydrogen) atoms. The molecule has 2 rings (SSSR count). The van der Waals surface area contributed by atoms with Crippen LogP contribution in [0.1, 0.15) is 12.5 Å². The third-order valence-corrected chi connectivity index (χ3v) is 4.05. The lowest BCUT2D eigenvalue weighted by molar-refractivity contribution is -0.120. The van der Waals surface area contributed by atoms with Gasteiger partial charge in [-0.3, -0.25) is 9.69 Å². The van der Waals surface area contributed by atoms with E-state index in [-0.39, 0.29) is 11.6 Å². The van der Waals surface area contributed by atoms with Gasteiger partial charge in [-0.25, -0.2) is 4.39 Å². The van der Waals surface area contributed by atoms with Crippen LogP contribution in [0.2, 0.25) is 0 Å². The van der Waals surface area contributed by atoms with Crippen molar-refractivity contribution in [2.75, 3.05) is 26.6 Å². The van der Waals surface area contributed by atoms with E-state index in [1.807, 2.05) is 30.1 Å². The fraction of sp³-hybridized carbons (Fsp3) is 0.316. The number of carbonyl (C=O) groups excluding carboxylic acids is 1. The number of hydrogen-bond acceptors (Lipinski definition) is 4. The van der Waals surface area contributed by atoms with Crippen molar-refractivity contribution in [1.82, 2.24) is 4.90 Å². The molecule has 134 valence electrons. The van der Waals surface area contributed by atoms with Crippen molar-refractivity contribution in [2.45, 2.75) is 19.5 Å². The second kappa shape index (κ2) is 8.48. The van der Waals surface area contributed by atoms with Crippen LogP contribution in [0.5, 0.6) is 11.5 Å². The highest BCUT2D eigenvalue weighted by atomic mass is 19.1. The molecule has 1 atom stereocenters.